The number of hydrogen-bond acceptors (Lipinski definition) is 10. The van der Waals surface area contributed by atoms with E-state index in [1.165, 1.54) is 6.92 Å². The maximum atomic E-state index is 7.51. The van der Waals surface area contributed by atoms with E-state index in [1.807, 2.05) is 0 Å². The van der Waals surface area contributed by atoms with Gasteiger partial charge in [0.1, 0.15) is 20.2 Å². The maximum Gasteiger partial charge on any atom is 0.213 e. The van der Waals surface area contributed by atoms with Crippen LogP contribution in [0.3, 0.4) is 0 Å². The monoisotopic (exact) mass is 416 g/mol. The molecule has 0 radical (unpaired) electrons. The Labute approximate surface area is 132 Å². The van der Waals surface area contributed by atoms with Crippen LogP contribution in [-0.2, 0) is 0 Å². The van der Waals surface area contributed by atoms with Gasteiger partial charge in [0.2, 0.25) is 5.66 Å². The van der Waals surface area contributed by atoms with E-state index in [1.54, 1.807) is 22.6 Å². The zero-order valence-corrected chi connectivity index (χ0v) is 14.4. The molecule has 0 aromatic heterocycles. The molecule has 0 aromatic rings. The average molecular weight is 416 g/mol. The minimum absolute atomic E-state index is 1.47. The number of alkyl halides is 1. The number of rotatable bonds is 2. The Morgan fingerprint density at radius 3 is 1.75 bits per heavy atom. The van der Waals surface area contributed by atoms with E-state index in [0.29, 0.717) is 0 Å². The first-order valence-corrected chi connectivity index (χ1v) is 7.14. The number of nitrogens with one attached hydrogen (secondary N) is 1. The summed E-state index contributed by atoms with van der Waals surface area (Å²) in [6.45, 7) is 4.88. The van der Waals surface area contributed by atoms with Gasteiger partial charge < -0.3 is 40.1 Å². The Morgan fingerprint density at radius 1 is 1.05 bits per heavy atom. The van der Waals surface area contributed by atoms with Crippen LogP contribution in [0.2, 0.25) is 0 Å². The summed E-state index contributed by atoms with van der Waals surface area (Å²) in [5.41, 5.74) is 43.2. The maximum absolute atomic E-state index is 7.51. The van der Waals surface area contributed by atoms with Gasteiger partial charge in [0, 0.05) is 0 Å². The first-order valence-electron chi connectivity index (χ1n) is 5.49. The van der Waals surface area contributed by atoms with Gasteiger partial charge in [-0.2, -0.15) is 5.11 Å². The van der Waals surface area contributed by atoms with Crippen molar-refractivity contribution in [2.45, 2.75) is 38.3 Å². The van der Waals surface area contributed by atoms with E-state index >= 15 is 0 Å². The van der Waals surface area contributed by atoms with Crippen LogP contribution < -0.4 is 40.1 Å². The fourth-order valence-electron chi connectivity index (χ4n) is 2.58. The summed E-state index contributed by atoms with van der Waals surface area (Å²) in [5.74, 6) is 0. The van der Waals surface area contributed by atoms with Crippen LogP contribution in [0.4, 0.5) is 0 Å². The molecule has 0 heterocycles. The summed E-state index contributed by atoms with van der Waals surface area (Å²) < 4.78 is -1.59. The molecule has 0 spiro atoms. The SMILES string of the molecule is C=NC1(N=N)C(C)(N)C(N)(I)C(N)(N)C(N)(N)C1(N)P. The lowest BCUT2D eigenvalue weighted by Crippen LogP contribution is -3.04. The van der Waals surface area contributed by atoms with Crippen LogP contribution in [0, 0.1) is 5.53 Å². The van der Waals surface area contributed by atoms with Crippen LogP contribution in [0.1, 0.15) is 6.92 Å². The predicted molar refractivity (Wildman–Crippen MR) is 89.8 cm³/mol. The molecule has 5 atom stereocenters. The highest BCUT2D eigenvalue weighted by Gasteiger charge is 2.81. The van der Waals surface area contributed by atoms with Gasteiger partial charge >= 0.3 is 0 Å². The van der Waals surface area contributed by atoms with Crippen LogP contribution in [0.15, 0.2) is 10.1 Å². The van der Waals surface area contributed by atoms with Crippen molar-refractivity contribution in [1.82, 2.24) is 0 Å². The van der Waals surface area contributed by atoms with Gasteiger partial charge in [0.15, 0.2) is 0 Å². The van der Waals surface area contributed by atoms with Gasteiger partial charge in [0.25, 0.3) is 0 Å². The van der Waals surface area contributed by atoms with Crippen molar-refractivity contribution < 1.29 is 0 Å². The molecule has 20 heavy (non-hydrogen) atoms. The van der Waals surface area contributed by atoms with Gasteiger partial charge in [-0.25, -0.2) is 5.53 Å². The normalized spacial score (nSPS) is 50.5. The topological polar surface area (TPSA) is 231 Å². The van der Waals surface area contributed by atoms with E-state index in [0.717, 1.165) is 0 Å². The van der Waals surface area contributed by atoms with Crippen LogP contribution >= 0.6 is 31.8 Å². The van der Waals surface area contributed by atoms with Crippen LogP contribution in [0.25, 0.3) is 0 Å². The second-order valence-electron chi connectivity index (χ2n) is 5.46. The molecule has 0 bridgehead atoms. The second kappa shape index (κ2) is 4.33. The molecule has 12 heteroatoms. The largest absolute Gasteiger partial charge is 0.319 e. The van der Waals surface area contributed by atoms with Crippen molar-refractivity contribution in [3.63, 3.8) is 0 Å². The Bertz CT molecular complexity index is 416. The van der Waals surface area contributed by atoms with Gasteiger partial charge in [-0.1, -0.05) is 22.6 Å². The fourth-order valence-corrected chi connectivity index (χ4v) is 4.10. The average Bonchev–Trinajstić information content (AvgIpc) is 2.28. The number of hydrogen-bond donors (Lipinski definition) is 8. The quantitative estimate of drug-likeness (QED) is 0.0441. The molecule has 1 aliphatic carbocycles. The standard InChI is InChI=1S/C8H22IN10P/c1-3(10)4(9,11)5(12,13)6(14,15)7(16,20)8(3,18-2)19-17/h17H,2,10-16,20H2,1H3. The van der Waals surface area contributed by atoms with Crippen LogP contribution in [0.5, 0.6) is 0 Å². The minimum atomic E-state index is -1.97. The van der Waals surface area contributed by atoms with E-state index < -0.39 is 31.4 Å². The van der Waals surface area contributed by atoms with Crippen molar-refractivity contribution in [2.75, 3.05) is 0 Å². The Kier molecular flexibility index (Phi) is 3.94. The summed E-state index contributed by atoms with van der Waals surface area (Å²) in [5, 5.41) is 1.69. The van der Waals surface area contributed by atoms with Crippen molar-refractivity contribution in [1.29, 1.82) is 5.53 Å². The zero-order valence-electron chi connectivity index (χ0n) is 11.1. The Morgan fingerprint density at radius 2 is 1.45 bits per heavy atom. The van der Waals surface area contributed by atoms with Crippen molar-refractivity contribution in [3.05, 3.63) is 0 Å². The predicted octanol–water partition coefficient (Wildman–Crippen LogP) is -3.01. The molecular weight excluding hydrogens is 394 g/mol. The number of nitrogens with zero attached hydrogens (tertiary/aromatic N) is 2. The zero-order chi connectivity index (χ0) is 16.4. The summed E-state index contributed by atoms with van der Waals surface area (Å²) in [6.07, 6.45) is 0. The van der Waals surface area contributed by atoms with Gasteiger partial charge in [-0.15, -0.1) is 9.24 Å². The Hall–Kier alpha value is 0.150. The highest BCUT2D eigenvalue weighted by Crippen LogP contribution is 2.57. The third kappa shape index (κ3) is 1.48. The fraction of sp³-hybridized carbons (Fsp3) is 0.875. The molecule has 0 amide bonds. The summed E-state index contributed by atoms with van der Waals surface area (Å²) in [6, 6.07) is 0. The molecule has 5 unspecified atom stereocenters. The first-order chi connectivity index (χ1) is 8.62. The second-order valence-corrected chi connectivity index (χ2v) is 8.08. The highest BCUT2D eigenvalue weighted by molar-refractivity contribution is 14.1. The van der Waals surface area contributed by atoms with E-state index in [9.17, 15) is 0 Å². The van der Waals surface area contributed by atoms with Crippen molar-refractivity contribution >= 4 is 38.5 Å². The molecule has 0 aliphatic heterocycles. The number of nitrogens with two attached hydrogens (primary N) is 7. The lowest BCUT2D eigenvalue weighted by Gasteiger charge is -2.69. The molecule has 15 N–H and O–H groups in total. The molecule has 1 fully saturated rings. The van der Waals surface area contributed by atoms with E-state index in [-0.39, 0.29) is 0 Å². The van der Waals surface area contributed by atoms with Gasteiger partial charge in [-0.3, -0.25) is 4.99 Å². The third-order valence-electron chi connectivity index (χ3n) is 4.42. The number of aliphatic imine (C=N–C) groups is 1. The molecule has 1 rings (SSSR count). The smallest absolute Gasteiger partial charge is 0.213 e. The molecule has 0 aromatic carbocycles. The number of halogens is 1. The minimum Gasteiger partial charge on any atom is -0.319 e. The molecule has 1 saturated carbocycles. The first kappa shape index (κ1) is 18.2. The molecule has 116 valence electrons. The lowest BCUT2D eigenvalue weighted by molar-refractivity contribution is -0.0318. The molecule has 10 nitrogen and oxygen atoms in total. The summed E-state index contributed by atoms with van der Waals surface area (Å²) in [4.78, 5) is 3.83. The van der Waals surface area contributed by atoms with Gasteiger partial charge in [-0.05, 0) is 13.6 Å². The van der Waals surface area contributed by atoms with Gasteiger partial charge in [0.05, 0.1) is 5.54 Å². The lowest BCUT2D eigenvalue weighted by atomic mass is 9.59. The van der Waals surface area contributed by atoms with E-state index in [4.69, 9.17) is 45.7 Å². The third-order valence-corrected chi connectivity index (χ3v) is 7.31. The Balaban J connectivity index is 3.92. The molecular formula is C8H22IN10P. The highest BCUT2D eigenvalue weighted by atomic mass is 127. The van der Waals surface area contributed by atoms with Crippen molar-refractivity contribution in [3.8, 4) is 0 Å². The summed E-state index contributed by atoms with van der Waals surface area (Å²) >= 11 is 1.74. The summed E-state index contributed by atoms with van der Waals surface area (Å²) in [7, 11) is 2.19. The molecule has 0 saturated heterocycles. The van der Waals surface area contributed by atoms with Crippen LogP contribution in [-0.4, -0.2) is 38.1 Å². The molecule has 1 aliphatic rings. The van der Waals surface area contributed by atoms with Crippen molar-refractivity contribution in [2.24, 2.45) is 50.2 Å². The van der Waals surface area contributed by atoms with E-state index in [2.05, 4.69) is 26.1 Å².